The topological polar surface area (TPSA) is 81.8 Å². The summed E-state index contributed by atoms with van der Waals surface area (Å²) in [6.07, 6.45) is 3.86. The summed E-state index contributed by atoms with van der Waals surface area (Å²) in [5, 5.41) is 7.60. The van der Waals surface area contributed by atoms with Gasteiger partial charge in [0.1, 0.15) is 18.3 Å². The smallest absolute Gasteiger partial charge is 0.264 e. The van der Waals surface area contributed by atoms with Crippen molar-refractivity contribution >= 4 is 22.6 Å². The summed E-state index contributed by atoms with van der Waals surface area (Å²) in [4.78, 5) is 29.9. The molecule has 0 aliphatic rings. The van der Waals surface area contributed by atoms with Crippen LogP contribution in [0.2, 0.25) is 0 Å². The molecule has 152 valence electrons. The minimum atomic E-state index is -0.299. The van der Waals surface area contributed by atoms with Crippen LogP contribution < -0.4 is 10.9 Å². The summed E-state index contributed by atoms with van der Waals surface area (Å²) in [7, 11) is 0. The zero-order valence-corrected chi connectivity index (χ0v) is 16.9. The van der Waals surface area contributed by atoms with E-state index in [1.54, 1.807) is 4.68 Å². The quantitative estimate of drug-likeness (QED) is 0.534. The molecular weight excluding hydrogens is 378 g/mol. The maximum Gasteiger partial charge on any atom is 0.264 e. The largest absolute Gasteiger partial charge is 0.324 e. The summed E-state index contributed by atoms with van der Waals surface area (Å²) in [5.41, 5.74) is 2.84. The van der Waals surface area contributed by atoms with Crippen molar-refractivity contribution < 1.29 is 4.79 Å². The normalized spacial score (nSPS) is 12.1. The highest BCUT2D eigenvalue weighted by Gasteiger charge is 2.15. The summed E-state index contributed by atoms with van der Waals surface area (Å²) in [5.74, 6) is 0.0514. The second kappa shape index (κ2) is 8.32. The third-order valence-corrected chi connectivity index (χ3v) is 5.25. The Balaban J connectivity index is 1.59. The molecule has 0 unspecified atom stereocenters. The zero-order valence-electron chi connectivity index (χ0n) is 16.9. The van der Waals surface area contributed by atoms with Gasteiger partial charge in [-0.1, -0.05) is 50.2 Å². The number of aromatic nitrogens is 4. The number of nitrogens with one attached hydrogen (secondary N) is 1. The van der Waals surface area contributed by atoms with E-state index in [1.807, 2.05) is 54.6 Å². The van der Waals surface area contributed by atoms with E-state index >= 15 is 0 Å². The Morgan fingerprint density at radius 1 is 1.10 bits per heavy atom. The van der Waals surface area contributed by atoms with Crippen LogP contribution in [0.5, 0.6) is 0 Å². The van der Waals surface area contributed by atoms with Crippen molar-refractivity contribution in [2.24, 2.45) is 0 Å². The Labute approximate surface area is 174 Å². The fourth-order valence-electron chi connectivity index (χ4n) is 3.42. The Kier molecular flexibility index (Phi) is 5.43. The lowest BCUT2D eigenvalue weighted by Crippen LogP contribution is -2.28. The van der Waals surface area contributed by atoms with E-state index in [4.69, 9.17) is 0 Å². The van der Waals surface area contributed by atoms with Crippen molar-refractivity contribution in [1.82, 2.24) is 19.3 Å². The van der Waals surface area contributed by atoms with Gasteiger partial charge in [0.2, 0.25) is 5.91 Å². The second-order valence-electron chi connectivity index (χ2n) is 7.25. The highest BCUT2D eigenvalue weighted by Crippen LogP contribution is 2.26. The van der Waals surface area contributed by atoms with Crippen molar-refractivity contribution in [3.8, 4) is 5.69 Å². The number of hydrogen-bond donors (Lipinski definition) is 1. The van der Waals surface area contributed by atoms with Gasteiger partial charge < -0.3 is 5.32 Å². The molecule has 0 saturated heterocycles. The van der Waals surface area contributed by atoms with Crippen LogP contribution in [-0.2, 0) is 11.3 Å². The van der Waals surface area contributed by atoms with Gasteiger partial charge in [0.15, 0.2) is 5.65 Å². The number of nitrogens with zero attached hydrogens (tertiary/aromatic N) is 4. The molecule has 7 heteroatoms. The summed E-state index contributed by atoms with van der Waals surface area (Å²) in [6.45, 7) is 4.12. The van der Waals surface area contributed by atoms with Gasteiger partial charge in [0.25, 0.3) is 5.56 Å². The van der Waals surface area contributed by atoms with Gasteiger partial charge in [0.05, 0.1) is 11.9 Å². The van der Waals surface area contributed by atoms with Crippen LogP contribution in [0.15, 0.2) is 71.9 Å². The van der Waals surface area contributed by atoms with Crippen LogP contribution in [0.4, 0.5) is 5.69 Å². The Morgan fingerprint density at radius 2 is 1.83 bits per heavy atom. The number of fused-ring (bicyclic) bond motifs is 1. The standard InChI is InChI=1S/C23H23N5O2/c1-3-16(2)18-11-7-8-12-20(18)26-21(29)14-27-15-24-22-19(23(27)30)13-25-28(22)17-9-5-4-6-10-17/h4-13,15-16H,3,14H2,1-2H3,(H,26,29)/t16-/m1/s1. The van der Waals surface area contributed by atoms with Crippen molar-refractivity contribution in [2.45, 2.75) is 32.7 Å². The molecule has 0 aliphatic heterocycles. The molecule has 2 aromatic carbocycles. The van der Waals surface area contributed by atoms with Gasteiger partial charge in [-0.05, 0) is 36.1 Å². The molecule has 0 spiro atoms. The summed E-state index contributed by atoms with van der Waals surface area (Å²) >= 11 is 0. The average molecular weight is 401 g/mol. The minimum Gasteiger partial charge on any atom is -0.324 e. The molecule has 4 rings (SSSR count). The van der Waals surface area contributed by atoms with Gasteiger partial charge in [-0.25, -0.2) is 9.67 Å². The van der Waals surface area contributed by atoms with E-state index in [1.165, 1.54) is 17.1 Å². The first-order valence-electron chi connectivity index (χ1n) is 9.96. The molecule has 0 aliphatic carbocycles. The lowest BCUT2D eigenvalue weighted by atomic mass is 9.97. The molecule has 0 radical (unpaired) electrons. The van der Waals surface area contributed by atoms with Crippen LogP contribution in [-0.4, -0.2) is 25.2 Å². The number of rotatable bonds is 6. The number of para-hydroxylation sites is 2. The molecule has 0 fully saturated rings. The van der Waals surface area contributed by atoms with Gasteiger partial charge in [-0.3, -0.25) is 14.2 Å². The van der Waals surface area contributed by atoms with Crippen LogP contribution in [0, 0.1) is 0 Å². The molecule has 1 N–H and O–H groups in total. The van der Waals surface area contributed by atoms with Gasteiger partial charge in [-0.15, -0.1) is 0 Å². The highest BCUT2D eigenvalue weighted by molar-refractivity contribution is 5.91. The first kappa shape index (κ1) is 19.6. The predicted molar refractivity (Wildman–Crippen MR) is 117 cm³/mol. The Bertz CT molecular complexity index is 1240. The second-order valence-corrected chi connectivity index (χ2v) is 7.25. The number of benzene rings is 2. The average Bonchev–Trinajstić information content (AvgIpc) is 3.21. The van der Waals surface area contributed by atoms with E-state index in [-0.39, 0.29) is 18.0 Å². The summed E-state index contributed by atoms with van der Waals surface area (Å²) in [6, 6.07) is 17.2. The molecule has 0 saturated carbocycles. The molecule has 0 bridgehead atoms. The number of anilines is 1. The van der Waals surface area contributed by atoms with E-state index < -0.39 is 0 Å². The SMILES string of the molecule is CC[C@@H](C)c1ccccc1NC(=O)Cn1cnc2c(cnn2-c2ccccc2)c1=O. The van der Waals surface area contributed by atoms with Crippen molar-refractivity contribution in [1.29, 1.82) is 0 Å². The van der Waals surface area contributed by atoms with Gasteiger partial charge in [-0.2, -0.15) is 5.10 Å². The third-order valence-electron chi connectivity index (χ3n) is 5.25. The van der Waals surface area contributed by atoms with E-state index in [9.17, 15) is 9.59 Å². The minimum absolute atomic E-state index is 0.118. The van der Waals surface area contributed by atoms with Crippen LogP contribution in [0.25, 0.3) is 16.7 Å². The zero-order chi connectivity index (χ0) is 21.1. The molecule has 1 amide bonds. The van der Waals surface area contributed by atoms with Crippen molar-refractivity contribution in [2.75, 3.05) is 5.32 Å². The Hall–Kier alpha value is -3.74. The number of carbonyl (C=O) groups is 1. The Morgan fingerprint density at radius 3 is 2.60 bits per heavy atom. The molecular formula is C23H23N5O2. The van der Waals surface area contributed by atoms with Gasteiger partial charge in [0, 0.05) is 5.69 Å². The molecule has 4 aromatic rings. The lowest BCUT2D eigenvalue weighted by molar-refractivity contribution is -0.116. The van der Waals surface area contributed by atoms with Crippen LogP contribution >= 0.6 is 0 Å². The number of hydrogen-bond acceptors (Lipinski definition) is 4. The van der Waals surface area contributed by atoms with Crippen molar-refractivity contribution in [3.63, 3.8) is 0 Å². The van der Waals surface area contributed by atoms with Crippen LogP contribution in [0.3, 0.4) is 0 Å². The molecule has 30 heavy (non-hydrogen) atoms. The lowest BCUT2D eigenvalue weighted by Gasteiger charge is -2.16. The molecule has 1 atom stereocenters. The first-order valence-corrected chi connectivity index (χ1v) is 9.96. The fraction of sp³-hybridized carbons (Fsp3) is 0.217. The van der Waals surface area contributed by atoms with E-state index in [0.717, 1.165) is 23.4 Å². The monoisotopic (exact) mass is 401 g/mol. The molecule has 2 heterocycles. The van der Waals surface area contributed by atoms with Crippen LogP contribution in [0.1, 0.15) is 31.7 Å². The molecule has 2 aromatic heterocycles. The van der Waals surface area contributed by atoms with Crippen molar-refractivity contribution in [3.05, 3.63) is 83.0 Å². The number of carbonyl (C=O) groups excluding carboxylic acids is 1. The summed E-state index contributed by atoms with van der Waals surface area (Å²) < 4.78 is 2.92. The predicted octanol–water partition coefficient (Wildman–Crippen LogP) is 3.73. The fourth-order valence-corrected chi connectivity index (χ4v) is 3.42. The van der Waals surface area contributed by atoms with E-state index in [0.29, 0.717) is 17.0 Å². The first-order chi connectivity index (χ1) is 14.6. The molecule has 7 nitrogen and oxygen atoms in total. The maximum absolute atomic E-state index is 12.9. The highest BCUT2D eigenvalue weighted by atomic mass is 16.2. The maximum atomic E-state index is 12.9. The number of amides is 1. The van der Waals surface area contributed by atoms with Gasteiger partial charge >= 0.3 is 0 Å². The third kappa shape index (κ3) is 3.74. The van der Waals surface area contributed by atoms with E-state index in [2.05, 4.69) is 29.2 Å².